The number of anilines is 3. The van der Waals surface area contributed by atoms with Gasteiger partial charge >= 0.3 is 0 Å². The molecule has 0 aliphatic heterocycles. The fourth-order valence-corrected chi connectivity index (χ4v) is 2.04. The van der Waals surface area contributed by atoms with Crippen LogP contribution in [0.15, 0.2) is 30.3 Å². The molecule has 1 aromatic carbocycles. The van der Waals surface area contributed by atoms with Crippen LogP contribution in [-0.2, 0) is 0 Å². The molecule has 6 heteroatoms. The molecule has 17 heavy (non-hydrogen) atoms. The van der Waals surface area contributed by atoms with E-state index in [4.69, 9.17) is 40.5 Å². The minimum atomic E-state index is 0.302. The van der Waals surface area contributed by atoms with Crippen molar-refractivity contribution in [1.29, 1.82) is 0 Å². The Hall–Kier alpha value is -1.16. The lowest BCUT2D eigenvalue weighted by Gasteiger charge is -2.10. The first-order valence-electron chi connectivity index (χ1n) is 4.70. The second-order valence-electron chi connectivity index (χ2n) is 3.33. The number of nitrogens with one attached hydrogen (secondary N) is 1. The van der Waals surface area contributed by atoms with Crippen LogP contribution in [0.4, 0.5) is 17.2 Å². The van der Waals surface area contributed by atoms with Gasteiger partial charge in [0, 0.05) is 11.8 Å². The van der Waals surface area contributed by atoms with Crippen LogP contribution in [0, 0.1) is 0 Å². The number of nitrogen functional groups attached to an aromatic ring is 1. The van der Waals surface area contributed by atoms with Crippen LogP contribution >= 0.6 is 34.8 Å². The summed E-state index contributed by atoms with van der Waals surface area (Å²) in [6.45, 7) is 0. The Morgan fingerprint density at radius 3 is 2.29 bits per heavy atom. The van der Waals surface area contributed by atoms with E-state index in [-0.39, 0.29) is 0 Å². The Bertz CT molecular complexity index is 517. The van der Waals surface area contributed by atoms with Gasteiger partial charge in [-0.25, -0.2) is 4.98 Å². The molecule has 0 spiro atoms. The van der Waals surface area contributed by atoms with Gasteiger partial charge in [0.1, 0.15) is 11.0 Å². The third-order valence-electron chi connectivity index (χ3n) is 2.03. The summed E-state index contributed by atoms with van der Waals surface area (Å²) in [5.41, 5.74) is 6.74. The van der Waals surface area contributed by atoms with Gasteiger partial charge in [-0.3, -0.25) is 0 Å². The van der Waals surface area contributed by atoms with Gasteiger partial charge in [-0.1, -0.05) is 40.9 Å². The zero-order valence-corrected chi connectivity index (χ0v) is 10.8. The predicted octanol–water partition coefficient (Wildman–Crippen LogP) is 4.37. The molecular formula is C11H8Cl3N3. The van der Waals surface area contributed by atoms with Gasteiger partial charge in [-0.15, -0.1) is 0 Å². The molecule has 0 fully saturated rings. The summed E-state index contributed by atoms with van der Waals surface area (Å²) in [4.78, 5) is 4.07. The third-order valence-corrected chi connectivity index (χ3v) is 2.86. The molecule has 2 aromatic rings. The van der Waals surface area contributed by atoms with Crippen molar-refractivity contribution < 1.29 is 0 Å². The molecule has 2 rings (SSSR count). The van der Waals surface area contributed by atoms with Gasteiger partial charge in [0.25, 0.3) is 0 Å². The number of nitrogens with two attached hydrogens (primary N) is 1. The molecule has 0 saturated carbocycles. The van der Waals surface area contributed by atoms with Crippen LogP contribution in [0.3, 0.4) is 0 Å². The number of nitrogens with zero attached hydrogens (tertiary/aromatic N) is 1. The molecule has 0 radical (unpaired) electrons. The molecule has 1 heterocycles. The molecular weight excluding hydrogens is 281 g/mol. The van der Waals surface area contributed by atoms with Gasteiger partial charge in [0.2, 0.25) is 0 Å². The monoisotopic (exact) mass is 287 g/mol. The molecule has 0 aliphatic carbocycles. The first-order valence-corrected chi connectivity index (χ1v) is 5.84. The smallest absolute Gasteiger partial charge is 0.134 e. The number of benzene rings is 1. The molecule has 0 aliphatic rings. The van der Waals surface area contributed by atoms with Crippen LogP contribution in [0.1, 0.15) is 0 Å². The molecule has 1 aromatic heterocycles. The Morgan fingerprint density at radius 1 is 1.06 bits per heavy atom. The number of pyridine rings is 1. The number of para-hydroxylation sites is 1. The number of rotatable bonds is 2. The highest BCUT2D eigenvalue weighted by molar-refractivity contribution is 6.39. The van der Waals surface area contributed by atoms with Crippen molar-refractivity contribution in [2.24, 2.45) is 0 Å². The van der Waals surface area contributed by atoms with E-state index in [1.54, 1.807) is 30.3 Å². The van der Waals surface area contributed by atoms with Gasteiger partial charge in [0.15, 0.2) is 0 Å². The highest BCUT2D eigenvalue weighted by Crippen LogP contribution is 2.32. The van der Waals surface area contributed by atoms with E-state index in [0.29, 0.717) is 32.4 Å². The lowest BCUT2D eigenvalue weighted by Crippen LogP contribution is -1.97. The summed E-state index contributed by atoms with van der Waals surface area (Å²) in [6.07, 6.45) is 0. The van der Waals surface area contributed by atoms with E-state index in [9.17, 15) is 0 Å². The highest BCUT2D eigenvalue weighted by atomic mass is 35.5. The summed E-state index contributed by atoms with van der Waals surface area (Å²) in [7, 11) is 0. The van der Waals surface area contributed by atoms with Gasteiger partial charge in [-0.2, -0.15) is 0 Å². The molecule has 0 amide bonds. The second kappa shape index (κ2) is 5.00. The summed E-state index contributed by atoms with van der Waals surface area (Å²) < 4.78 is 0. The van der Waals surface area contributed by atoms with Crippen LogP contribution < -0.4 is 11.1 Å². The third kappa shape index (κ3) is 2.94. The van der Waals surface area contributed by atoms with E-state index in [1.165, 1.54) is 0 Å². The van der Waals surface area contributed by atoms with Crippen molar-refractivity contribution in [1.82, 2.24) is 4.98 Å². The SMILES string of the molecule is Nc1cc(Cl)nc(Nc2c(Cl)cccc2Cl)c1. The Labute approximate surface area is 114 Å². The topological polar surface area (TPSA) is 50.9 Å². The largest absolute Gasteiger partial charge is 0.399 e. The number of aromatic nitrogens is 1. The van der Waals surface area contributed by atoms with Gasteiger partial charge in [0.05, 0.1) is 15.7 Å². The van der Waals surface area contributed by atoms with Crippen LogP contribution in [-0.4, -0.2) is 4.98 Å². The summed E-state index contributed by atoms with van der Waals surface area (Å²) in [6, 6.07) is 8.41. The number of halogens is 3. The maximum atomic E-state index is 6.02. The van der Waals surface area contributed by atoms with Crippen molar-refractivity contribution in [2.45, 2.75) is 0 Å². The van der Waals surface area contributed by atoms with Gasteiger partial charge < -0.3 is 11.1 Å². The van der Waals surface area contributed by atoms with Crippen molar-refractivity contribution in [3.8, 4) is 0 Å². The minimum Gasteiger partial charge on any atom is -0.399 e. The molecule has 0 bridgehead atoms. The highest BCUT2D eigenvalue weighted by Gasteiger charge is 2.07. The Morgan fingerprint density at radius 2 is 1.71 bits per heavy atom. The first-order chi connectivity index (χ1) is 8.06. The van der Waals surface area contributed by atoms with Crippen LogP contribution in [0.5, 0.6) is 0 Å². The minimum absolute atomic E-state index is 0.302. The zero-order chi connectivity index (χ0) is 12.4. The maximum Gasteiger partial charge on any atom is 0.134 e. The maximum absolute atomic E-state index is 6.02. The molecule has 3 N–H and O–H groups in total. The fourth-order valence-electron chi connectivity index (χ4n) is 1.33. The summed E-state index contributed by atoms with van der Waals surface area (Å²) in [5, 5.41) is 4.28. The van der Waals surface area contributed by atoms with Crippen molar-refractivity contribution in [2.75, 3.05) is 11.1 Å². The molecule has 3 nitrogen and oxygen atoms in total. The summed E-state index contributed by atoms with van der Waals surface area (Å²) in [5.74, 6) is 0.491. The van der Waals surface area contributed by atoms with E-state index in [1.807, 2.05) is 0 Å². The van der Waals surface area contributed by atoms with E-state index >= 15 is 0 Å². The van der Waals surface area contributed by atoms with Gasteiger partial charge in [-0.05, 0) is 18.2 Å². The molecule has 88 valence electrons. The van der Waals surface area contributed by atoms with Crippen molar-refractivity contribution in [3.05, 3.63) is 45.5 Å². The zero-order valence-electron chi connectivity index (χ0n) is 8.55. The normalized spacial score (nSPS) is 10.3. The lowest BCUT2D eigenvalue weighted by molar-refractivity contribution is 1.31. The lowest BCUT2D eigenvalue weighted by atomic mass is 10.3. The van der Waals surface area contributed by atoms with E-state index in [0.717, 1.165) is 0 Å². The second-order valence-corrected chi connectivity index (χ2v) is 4.53. The van der Waals surface area contributed by atoms with E-state index in [2.05, 4.69) is 10.3 Å². The fraction of sp³-hybridized carbons (Fsp3) is 0. The van der Waals surface area contributed by atoms with Crippen molar-refractivity contribution in [3.63, 3.8) is 0 Å². The number of hydrogen-bond donors (Lipinski definition) is 2. The van der Waals surface area contributed by atoms with E-state index < -0.39 is 0 Å². The molecule has 0 saturated heterocycles. The molecule has 0 unspecified atom stereocenters. The predicted molar refractivity (Wildman–Crippen MR) is 73.4 cm³/mol. The Balaban J connectivity index is 2.38. The quantitative estimate of drug-likeness (QED) is 0.807. The van der Waals surface area contributed by atoms with Crippen LogP contribution in [0.25, 0.3) is 0 Å². The average molecular weight is 289 g/mol. The number of hydrogen-bond acceptors (Lipinski definition) is 3. The average Bonchev–Trinajstić information content (AvgIpc) is 2.22. The summed E-state index contributed by atoms with van der Waals surface area (Å²) >= 11 is 17.8. The first kappa shape index (κ1) is 12.3. The van der Waals surface area contributed by atoms with Crippen molar-refractivity contribution >= 4 is 52.0 Å². The standard InChI is InChI=1S/C11H8Cl3N3/c12-7-2-1-3-8(13)11(7)17-10-5-6(15)4-9(14)16-10/h1-5H,(H3,15,16,17). The Kier molecular flexibility index (Phi) is 3.62. The molecule has 0 atom stereocenters. The van der Waals surface area contributed by atoms with Crippen LogP contribution in [0.2, 0.25) is 15.2 Å².